The van der Waals surface area contributed by atoms with Crippen LogP contribution in [0.5, 0.6) is 5.75 Å². The lowest BCUT2D eigenvalue weighted by molar-refractivity contribution is -0.165. The quantitative estimate of drug-likeness (QED) is 0.411. The van der Waals surface area contributed by atoms with Gasteiger partial charge in [0.1, 0.15) is 5.75 Å². The van der Waals surface area contributed by atoms with Crippen molar-refractivity contribution in [1.82, 2.24) is 4.90 Å². The van der Waals surface area contributed by atoms with Gasteiger partial charge in [-0.1, -0.05) is 30.9 Å². The van der Waals surface area contributed by atoms with Crippen molar-refractivity contribution in [1.29, 1.82) is 0 Å². The Morgan fingerprint density at radius 3 is 2.50 bits per heavy atom. The van der Waals surface area contributed by atoms with Crippen LogP contribution >= 0.6 is 0 Å². The van der Waals surface area contributed by atoms with E-state index in [0.717, 1.165) is 31.0 Å². The first kappa shape index (κ1) is 25.8. The second kappa shape index (κ2) is 10.6. The molecule has 2 fully saturated rings. The molecular weight excluding hydrogens is 438 g/mol. The molecule has 1 aromatic carbocycles. The maximum absolute atomic E-state index is 10.1. The number of carbonyl (C=O) groups is 2. The van der Waals surface area contributed by atoms with Gasteiger partial charge in [0, 0.05) is 18.0 Å². The summed E-state index contributed by atoms with van der Waals surface area (Å²) in [5.41, 5.74) is 4.25. The van der Waals surface area contributed by atoms with Gasteiger partial charge < -0.3 is 25.5 Å². The minimum Gasteiger partial charge on any atom is -0.508 e. The molecule has 0 radical (unpaired) electrons. The van der Waals surface area contributed by atoms with Gasteiger partial charge in [-0.2, -0.15) is 0 Å². The van der Waals surface area contributed by atoms with E-state index in [0.29, 0.717) is 17.2 Å². The lowest BCUT2D eigenvalue weighted by atomic mass is 9.52. The van der Waals surface area contributed by atoms with E-state index in [4.69, 9.17) is 26.8 Å². The first-order valence-electron chi connectivity index (χ1n) is 11.6. The molecule has 0 aromatic heterocycles. The van der Waals surface area contributed by atoms with Gasteiger partial charge >= 0.3 is 11.9 Å². The third-order valence-corrected chi connectivity index (χ3v) is 7.60. The van der Waals surface area contributed by atoms with E-state index in [1.54, 1.807) is 0 Å². The van der Waals surface area contributed by atoms with Crippen LogP contribution in [0, 0.1) is 18.3 Å². The number of phenolic OH excluding ortho intramolecular Hbond substituents is 1. The molecule has 1 aliphatic heterocycles. The fourth-order valence-corrected chi connectivity index (χ4v) is 5.88. The molecule has 4 rings (SSSR count). The van der Waals surface area contributed by atoms with E-state index in [-0.39, 0.29) is 0 Å². The number of phenols is 1. The third-order valence-electron chi connectivity index (χ3n) is 7.60. The Morgan fingerprint density at radius 1 is 1.21 bits per heavy atom. The number of allylic oxidation sites excluding steroid dienone is 1. The van der Waals surface area contributed by atoms with Crippen LogP contribution in [0.15, 0.2) is 29.8 Å². The highest BCUT2D eigenvalue weighted by molar-refractivity contribution is 5.83. The fraction of sp³-hybridized carbons (Fsp3) is 0.538. The van der Waals surface area contributed by atoms with Crippen molar-refractivity contribution >= 4 is 11.9 Å². The van der Waals surface area contributed by atoms with E-state index < -0.39 is 24.1 Å². The smallest absolute Gasteiger partial charge is 0.335 e. The highest BCUT2D eigenvalue weighted by atomic mass is 16.4. The van der Waals surface area contributed by atoms with Crippen molar-refractivity contribution in [2.45, 2.75) is 69.1 Å². The zero-order valence-electron chi connectivity index (χ0n) is 19.4. The van der Waals surface area contributed by atoms with Gasteiger partial charge in [0.05, 0.1) is 0 Å². The minimum absolute atomic E-state index is 0.302. The van der Waals surface area contributed by atoms with Crippen molar-refractivity contribution in [2.75, 3.05) is 13.1 Å². The van der Waals surface area contributed by atoms with Gasteiger partial charge in [-0.15, -0.1) is 6.42 Å². The second-order valence-corrected chi connectivity index (χ2v) is 9.46. The molecule has 184 valence electrons. The van der Waals surface area contributed by atoms with E-state index in [2.05, 4.69) is 29.0 Å². The van der Waals surface area contributed by atoms with Crippen LogP contribution in [0.4, 0.5) is 0 Å². The predicted octanol–water partition coefficient (Wildman–Crippen LogP) is 1.91. The van der Waals surface area contributed by atoms with E-state index in [9.17, 15) is 14.7 Å². The van der Waals surface area contributed by atoms with Crippen LogP contribution in [0.25, 0.3) is 0 Å². The average Bonchev–Trinajstić information content (AvgIpc) is 2.83. The maximum atomic E-state index is 10.1. The molecule has 5 N–H and O–H groups in total. The summed E-state index contributed by atoms with van der Waals surface area (Å²) < 4.78 is 0. The van der Waals surface area contributed by atoms with Crippen LogP contribution in [0.3, 0.4) is 0 Å². The predicted molar refractivity (Wildman–Crippen MR) is 125 cm³/mol. The Kier molecular flexibility index (Phi) is 8.03. The number of hydrogen-bond acceptors (Lipinski definition) is 6. The van der Waals surface area contributed by atoms with Gasteiger partial charge in [0.15, 0.2) is 12.2 Å². The molecule has 1 heterocycles. The van der Waals surface area contributed by atoms with Crippen molar-refractivity contribution in [2.24, 2.45) is 5.92 Å². The number of benzene rings is 1. The highest BCUT2D eigenvalue weighted by Gasteiger charge is 2.53. The highest BCUT2D eigenvalue weighted by Crippen LogP contribution is 2.56. The van der Waals surface area contributed by atoms with Crippen LogP contribution in [0.2, 0.25) is 0 Å². The molecule has 3 aliphatic rings. The van der Waals surface area contributed by atoms with E-state index in [1.165, 1.54) is 43.2 Å². The van der Waals surface area contributed by atoms with Crippen molar-refractivity contribution < 1.29 is 35.1 Å². The fourth-order valence-electron chi connectivity index (χ4n) is 5.88. The standard InChI is InChI=1S/C22H27NO.C4H6O6/c1-3-16(2)9-12-23-13-11-22-10-5-4-6-19(22)21(23)14-17-7-8-18(24)15-20(17)22;5-1(3(7)8)2(6)4(9)10/h1,7-9,15,19,21,24H,4-6,10-14H2,2H3;1-2,5-6H,(H,7,8)(H,9,10)/b16-9+;/t19-,21-,22-;1-,2-/m01/s1. The number of nitrogens with zero attached hydrogens (tertiary/aromatic N) is 1. The number of hydrogen-bond donors (Lipinski definition) is 5. The Balaban J connectivity index is 0.000000277. The van der Waals surface area contributed by atoms with Crippen LogP contribution in [-0.2, 0) is 21.4 Å². The molecule has 0 unspecified atom stereocenters. The number of likely N-dealkylation sites (tertiary alicyclic amines) is 1. The molecular formula is C26H33NO7. The van der Waals surface area contributed by atoms with Gasteiger partial charge in [0.2, 0.25) is 0 Å². The molecule has 2 bridgehead atoms. The second-order valence-electron chi connectivity index (χ2n) is 9.46. The summed E-state index contributed by atoms with van der Waals surface area (Å²) in [6.45, 7) is 4.14. The summed E-state index contributed by atoms with van der Waals surface area (Å²) in [5.74, 6) is 0.368. The van der Waals surface area contributed by atoms with Gasteiger partial charge in [-0.05, 0) is 73.9 Å². The largest absolute Gasteiger partial charge is 0.508 e. The summed E-state index contributed by atoms with van der Waals surface area (Å²) in [6, 6.07) is 6.72. The zero-order valence-corrected chi connectivity index (χ0v) is 19.4. The average molecular weight is 472 g/mol. The molecule has 8 nitrogen and oxygen atoms in total. The molecule has 1 saturated carbocycles. The number of carboxylic acids is 2. The summed E-state index contributed by atoms with van der Waals surface area (Å²) in [4.78, 5) is 22.2. The molecule has 8 heteroatoms. The molecule has 5 atom stereocenters. The zero-order chi connectivity index (χ0) is 25.0. The lowest BCUT2D eigenvalue weighted by Crippen LogP contribution is -2.60. The number of fused-ring (bicyclic) bond motifs is 1. The first-order valence-corrected chi connectivity index (χ1v) is 11.6. The summed E-state index contributed by atoms with van der Waals surface area (Å²) in [6.07, 6.45) is 10.8. The molecule has 2 aliphatic carbocycles. The number of piperidine rings is 1. The number of terminal acetylenes is 1. The van der Waals surface area contributed by atoms with Gasteiger partial charge in [-0.25, -0.2) is 9.59 Å². The number of aliphatic hydroxyl groups excluding tert-OH is 2. The Bertz CT molecular complexity index is 979. The Morgan fingerprint density at radius 2 is 1.88 bits per heavy atom. The van der Waals surface area contributed by atoms with Gasteiger partial charge in [0.25, 0.3) is 0 Å². The molecule has 1 saturated heterocycles. The topological polar surface area (TPSA) is 139 Å². The van der Waals surface area contributed by atoms with Crippen molar-refractivity contribution in [3.05, 3.63) is 41.0 Å². The summed E-state index contributed by atoms with van der Waals surface area (Å²) in [7, 11) is 0. The summed E-state index contributed by atoms with van der Waals surface area (Å²) >= 11 is 0. The van der Waals surface area contributed by atoms with Crippen molar-refractivity contribution in [3.8, 4) is 18.1 Å². The SMILES string of the molecule is C#C/C(C)=C/CN1CC[C@@]23CCCC[C@H]2[C@@H]1Cc1ccc(O)cc13.O=C(O)[C@H](O)[C@@H](O)C(=O)O. The van der Waals surface area contributed by atoms with E-state index in [1.807, 2.05) is 13.0 Å². The van der Waals surface area contributed by atoms with Crippen molar-refractivity contribution in [3.63, 3.8) is 0 Å². The molecule has 1 aromatic rings. The summed E-state index contributed by atoms with van der Waals surface area (Å²) in [5, 5.41) is 42.6. The Hall–Kier alpha value is -2.86. The number of aromatic hydroxyl groups is 1. The van der Waals surface area contributed by atoms with Crippen LogP contribution in [0.1, 0.15) is 50.2 Å². The number of aliphatic carboxylic acids is 2. The number of aliphatic hydroxyl groups is 2. The van der Waals surface area contributed by atoms with Crippen LogP contribution in [-0.4, -0.2) is 73.7 Å². The number of rotatable bonds is 5. The monoisotopic (exact) mass is 471 g/mol. The minimum atomic E-state index is -2.27. The normalized spacial score (nSPS) is 27.6. The molecule has 0 amide bonds. The first-order chi connectivity index (χ1) is 16.1. The van der Waals surface area contributed by atoms with Crippen LogP contribution < -0.4 is 0 Å². The third kappa shape index (κ3) is 5.12. The maximum Gasteiger partial charge on any atom is 0.335 e. The Labute approximate surface area is 199 Å². The van der Waals surface area contributed by atoms with Gasteiger partial charge in [-0.3, -0.25) is 4.90 Å². The number of carboxylic acid groups (broad SMARTS) is 2. The molecule has 34 heavy (non-hydrogen) atoms. The molecule has 0 spiro atoms. The lowest BCUT2D eigenvalue weighted by Gasteiger charge is -2.59. The van der Waals surface area contributed by atoms with E-state index >= 15 is 0 Å².